The molecule has 46 heavy (non-hydrogen) atoms. The molecule has 1 atom stereocenters. The van der Waals surface area contributed by atoms with Crippen LogP contribution in [0.25, 0.3) is 11.1 Å². The Morgan fingerprint density at radius 2 is 1.50 bits per heavy atom. The molecule has 0 aromatic heterocycles. The van der Waals surface area contributed by atoms with Crippen molar-refractivity contribution in [3.05, 3.63) is 137 Å². The zero-order chi connectivity index (χ0) is 32.7. The molecule has 1 saturated heterocycles. The number of rotatable bonds is 9. The van der Waals surface area contributed by atoms with E-state index in [1.54, 1.807) is 24.3 Å². The molecular weight excluding hydrogens is 589 g/mol. The van der Waals surface area contributed by atoms with Gasteiger partial charge in [-0.05, 0) is 104 Å². The van der Waals surface area contributed by atoms with E-state index in [2.05, 4.69) is 10.2 Å². The number of benzene rings is 4. The molecule has 1 aliphatic rings. The lowest BCUT2D eigenvalue weighted by Crippen LogP contribution is -2.40. The second-order valence-electron chi connectivity index (χ2n) is 11.7. The molecule has 1 heterocycles. The minimum Gasteiger partial charge on any atom is -0.460 e. The maximum atomic E-state index is 13.3. The Labute approximate surface area is 267 Å². The van der Waals surface area contributed by atoms with Crippen LogP contribution in [-0.2, 0) is 15.7 Å². The molecule has 0 saturated carbocycles. The minimum atomic E-state index is -4.43. The first-order chi connectivity index (χ1) is 22.1. The number of piperidine rings is 1. The maximum absolute atomic E-state index is 13.3. The van der Waals surface area contributed by atoms with Gasteiger partial charge >= 0.3 is 12.1 Å². The number of carbonyl (C=O) groups is 2. The standard InChI is InChI=1S/C38H37F3N2O3/c1-26(2)22-25-46-37(45)35(30-8-4-3-5-9-30)43-23-20-28(21-24-43)27-14-18-32(19-15-27)42-36(44)34-11-7-6-10-33(34)29-12-16-31(17-13-29)38(39,40)41/h3-19,22,28,35H,20-21,23-25H2,1-2H3,(H,42,44). The van der Waals surface area contributed by atoms with E-state index in [1.165, 1.54) is 12.1 Å². The summed E-state index contributed by atoms with van der Waals surface area (Å²) >= 11 is 0. The Morgan fingerprint density at radius 3 is 2.13 bits per heavy atom. The first-order valence-corrected chi connectivity index (χ1v) is 15.4. The highest BCUT2D eigenvalue weighted by molar-refractivity contribution is 6.08. The van der Waals surface area contributed by atoms with Crippen LogP contribution in [0.4, 0.5) is 18.9 Å². The third-order valence-corrected chi connectivity index (χ3v) is 8.29. The fourth-order valence-corrected chi connectivity index (χ4v) is 5.80. The highest BCUT2D eigenvalue weighted by atomic mass is 19.4. The lowest BCUT2D eigenvalue weighted by molar-refractivity contribution is -0.149. The highest BCUT2D eigenvalue weighted by Crippen LogP contribution is 2.35. The molecule has 0 aliphatic carbocycles. The van der Waals surface area contributed by atoms with Crippen molar-refractivity contribution < 1.29 is 27.5 Å². The van der Waals surface area contributed by atoms with Crippen molar-refractivity contribution in [2.24, 2.45) is 0 Å². The van der Waals surface area contributed by atoms with Crippen molar-refractivity contribution in [2.45, 2.75) is 44.8 Å². The van der Waals surface area contributed by atoms with Gasteiger partial charge in [-0.15, -0.1) is 0 Å². The highest BCUT2D eigenvalue weighted by Gasteiger charge is 2.33. The number of nitrogens with zero attached hydrogens (tertiary/aromatic N) is 1. The van der Waals surface area contributed by atoms with Gasteiger partial charge < -0.3 is 10.1 Å². The third-order valence-electron chi connectivity index (χ3n) is 8.29. The van der Waals surface area contributed by atoms with Crippen LogP contribution in [0.15, 0.2) is 115 Å². The van der Waals surface area contributed by atoms with Crippen molar-refractivity contribution in [3.8, 4) is 11.1 Å². The normalized spacial score (nSPS) is 14.7. The van der Waals surface area contributed by atoms with Crippen LogP contribution in [0.3, 0.4) is 0 Å². The second-order valence-corrected chi connectivity index (χ2v) is 11.7. The van der Waals surface area contributed by atoms with Crippen LogP contribution in [0.1, 0.15) is 65.7 Å². The van der Waals surface area contributed by atoms with Crippen LogP contribution >= 0.6 is 0 Å². The van der Waals surface area contributed by atoms with E-state index in [1.807, 2.05) is 74.5 Å². The van der Waals surface area contributed by atoms with Crippen molar-refractivity contribution in [1.29, 1.82) is 0 Å². The molecule has 4 aromatic carbocycles. The molecule has 1 fully saturated rings. The topological polar surface area (TPSA) is 58.6 Å². The molecule has 0 bridgehead atoms. The zero-order valence-corrected chi connectivity index (χ0v) is 25.9. The van der Waals surface area contributed by atoms with Gasteiger partial charge in [0.05, 0.1) is 5.56 Å². The first-order valence-electron chi connectivity index (χ1n) is 15.4. The summed E-state index contributed by atoms with van der Waals surface area (Å²) in [6, 6.07) is 28.7. The minimum absolute atomic E-state index is 0.248. The quantitative estimate of drug-likeness (QED) is 0.149. The van der Waals surface area contributed by atoms with Crippen molar-refractivity contribution in [3.63, 3.8) is 0 Å². The summed E-state index contributed by atoms with van der Waals surface area (Å²) in [5.74, 6) is -0.290. The molecule has 0 spiro atoms. The Balaban J connectivity index is 1.22. The number of alkyl halides is 3. The lowest BCUT2D eigenvalue weighted by atomic mass is 9.88. The largest absolute Gasteiger partial charge is 0.460 e. The smallest absolute Gasteiger partial charge is 0.416 e. The molecule has 4 aromatic rings. The van der Waals surface area contributed by atoms with Gasteiger partial charge in [-0.1, -0.05) is 78.4 Å². The van der Waals surface area contributed by atoms with Gasteiger partial charge in [-0.3, -0.25) is 9.69 Å². The monoisotopic (exact) mass is 626 g/mol. The fraction of sp³-hybridized carbons (Fsp3) is 0.263. The zero-order valence-electron chi connectivity index (χ0n) is 25.9. The summed E-state index contributed by atoms with van der Waals surface area (Å²) in [7, 11) is 0. The summed E-state index contributed by atoms with van der Waals surface area (Å²) in [6.45, 7) is 5.67. The molecule has 1 N–H and O–H groups in total. The average molecular weight is 627 g/mol. The number of likely N-dealkylation sites (tertiary alicyclic amines) is 1. The van der Waals surface area contributed by atoms with Crippen LogP contribution < -0.4 is 5.32 Å². The predicted octanol–water partition coefficient (Wildman–Crippen LogP) is 9.05. The number of allylic oxidation sites excluding steroid dienone is 1. The summed E-state index contributed by atoms with van der Waals surface area (Å²) in [4.78, 5) is 28.6. The van der Waals surface area contributed by atoms with Crippen LogP contribution in [0.5, 0.6) is 0 Å². The molecule has 238 valence electrons. The average Bonchev–Trinajstić information content (AvgIpc) is 3.05. The van der Waals surface area contributed by atoms with Gasteiger partial charge in [0, 0.05) is 11.3 Å². The molecule has 0 radical (unpaired) electrons. The Morgan fingerprint density at radius 1 is 0.870 bits per heavy atom. The molecule has 1 unspecified atom stereocenters. The number of halogens is 3. The van der Waals surface area contributed by atoms with Gasteiger partial charge in [0.15, 0.2) is 0 Å². The SMILES string of the molecule is CC(C)=CCOC(=O)C(c1ccccc1)N1CCC(c2ccc(NC(=O)c3ccccc3-c3ccc(C(F)(F)F)cc3)cc2)CC1. The Bertz CT molecular complexity index is 1650. The number of amides is 1. The van der Waals surface area contributed by atoms with E-state index >= 15 is 0 Å². The predicted molar refractivity (Wildman–Crippen MR) is 174 cm³/mol. The molecular formula is C38H37F3N2O3. The summed E-state index contributed by atoms with van der Waals surface area (Å²) in [5.41, 5.74) is 4.50. The molecule has 1 amide bonds. The van der Waals surface area contributed by atoms with Gasteiger partial charge in [0.2, 0.25) is 0 Å². The van der Waals surface area contributed by atoms with E-state index in [0.717, 1.165) is 54.8 Å². The summed E-state index contributed by atoms with van der Waals surface area (Å²) in [5, 5.41) is 2.93. The van der Waals surface area contributed by atoms with E-state index in [0.29, 0.717) is 28.3 Å². The molecule has 5 nitrogen and oxygen atoms in total. The number of nitrogens with one attached hydrogen (secondary N) is 1. The van der Waals surface area contributed by atoms with Gasteiger partial charge in [-0.25, -0.2) is 4.79 Å². The van der Waals surface area contributed by atoms with E-state index in [-0.39, 0.29) is 18.5 Å². The van der Waals surface area contributed by atoms with Crippen molar-refractivity contribution in [2.75, 3.05) is 25.0 Å². The van der Waals surface area contributed by atoms with Crippen LogP contribution in [0.2, 0.25) is 0 Å². The van der Waals surface area contributed by atoms with Crippen LogP contribution in [0, 0.1) is 0 Å². The van der Waals surface area contributed by atoms with Gasteiger partial charge in [-0.2, -0.15) is 13.2 Å². The lowest BCUT2D eigenvalue weighted by Gasteiger charge is -2.36. The maximum Gasteiger partial charge on any atom is 0.416 e. The third kappa shape index (κ3) is 8.12. The number of ether oxygens (including phenoxy) is 1. The van der Waals surface area contributed by atoms with E-state index < -0.39 is 17.8 Å². The Hall–Kier alpha value is -4.69. The summed E-state index contributed by atoms with van der Waals surface area (Å²) in [6.07, 6.45) is -0.785. The number of hydrogen-bond donors (Lipinski definition) is 1. The number of hydrogen-bond acceptors (Lipinski definition) is 4. The van der Waals surface area contributed by atoms with Gasteiger partial charge in [0.1, 0.15) is 12.6 Å². The second kappa shape index (κ2) is 14.6. The molecule has 5 rings (SSSR count). The van der Waals surface area contributed by atoms with Gasteiger partial charge in [0.25, 0.3) is 5.91 Å². The number of esters is 1. The Kier molecular flexibility index (Phi) is 10.4. The van der Waals surface area contributed by atoms with Crippen LogP contribution in [-0.4, -0.2) is 36.5 Å². The van der Waals surface area contributed by atoms with Crippen molar-refractivity contribution >= 4 is 17.6 Å². The summed E-state index contributed by atoms with van der Waals surface area (Å²) < 4.78 is 44.7. The number of anilines is 1. The molecule has 8 heteroatoms. The van der Waals surface area contributed by atoms with Crippen molar-refractivity contribution in [1.82, 2.24) is 4.90 Å². The van der Waals surface area contributed by atoms with E-state index in [4.69, 9.17) is 4.74 Å². The van der Waals surface area contributed by atoms with E-state index in [9.17, 15) is 22.8 Å². The fourth-order valence-electron chi connectivity index (χ4n) is 5.80. The first kappa shape index (κ1) is 32.7. The molecule has 1 aliphatic heterocycles. The number of carbonyl (C=O) groups excluding carboxylic acids is 2.